The molecule has 9 N–H and O–H groups in total. The van der Waals surface area contributed by atoms with E-state index in [1.54, 1.807) is 6.08 Å². The van der Waals surface area contributed by atoms with Gasteiger partial charge in [0.1, 0.15) is 48.8 Å². The second-order valence-corrected chi connectivity index (χ2v) is 17.6. The number of carbonyl (C=O) groups is 1. The number of allylic oxidation sites excluding steroid dienone is 5. The number of nitrogens with one attached hydrogen (secondary N) is 1. The van der Waals surface area contributed by atoms with Crippen LogP contribution in [-0.4, -0.2) is 140 Å². The van der Waals surface area contributed by atoms with Gasteiger partial charge in [-0.15, -0.1) is 0 Å². The summed E-state index contributed by atoms with van der Waals surface area (Å²) in [4.78, 5) is 13.1. The van der Waals surface area contributed by atoms with Gasteiger partial charge in [-0.1, -0.05) is 153 Å². The molecule has 63 heavy (non-hydrogen) atoms. The van der Waals surface area contributed by atoms with Crippen molar-refractivity contribution in [3.05, 3.63) is 36.5 Å². The van der Waals surface area contributed by atoms with E-state index in [0.29, 0.717) is 6.42 Å². The number of aliphatic hydroxyl groups is 8. The van der Waals surface area contributed by atoms with Crippen molar-refractivity contribution in [2.75, 3.05) is 19.8 Å². The zero-order valence-electron chi connectivity index (χ0n) is 38.8. The Bertz CT molecular complexity index is 1200. The monoisotopic (exact) mass is 900 g/mol. The van der Waals surface area contributed by atoms with Crippen LogP contribution in [0.1, 0.15) is 174 Å². The molecule has 0 aliphatic carbocycles. The Morgan fingerprint density at radius 2 is 1.05 bits per heavy atom. The number of amides is 1. The average Bonchev–Trinajstić information content (AvgIpc) is 3.28. The first-order chi connectivity index (χ1) is 30.6. The fourth-order valence-corrected chi connectivity index (χ4v) is 7.97. The molecule has 368 valence electrons. The molecule has 2 aliphatic rings. The predicted molar refractivity (Wildman–Crippen MR) is 244 cm³/mol. The van der Waals surface area contributed by atoms with E-state index in [4.69, 9.17) is 18.9 Å². The molecule has 0 radical (unpaired) electrons. The molecule has 0 aromatic rings. The van der Waals surface area contributed by atoms with E-state index >= 15 is 0 Å². The number of carbonyl (C=O) groups excluding carboxylic acids is 1. The fourth-order valence-electron chi connectivity index (χ4n) is 7.97. The van der Waals surface area contributed by atoms with Gasteiger partial charge in [-0.3, -0.25) is 4.79 Å². The molecular formula is C49H89NO13. The molecule has 12 unspecified atom stereocenters. The Morgan fingerprint density at radius 1 is 0.571 bits per heavy atom. The van der Waals surface area contributed by atoms with Crippen molar-refractivity contribution >= 4 is 5.91 Å². The molecule has 2 rings (SSSR count). The van der Waals surface area contributed by atoms with Gasteiger partial charge in [-0.2, -0.15) is 0 Å². The zero-order chi connectivity index (χ0) is 46.1. The van der Waals surface area contributed by atoms with Crippen molar-refractivity contribution in [2.45, 2.75) is 248 Å². The minimum Gasteiger partial charge on any atom is -0.394 e. The Balaban J connectivity index is 1.82. The molecule has 0 aromatic carbocycles. The largest absolute Gasteiger partial charge is 0.394 e. The second kappa shape index (κ2) is 36.3. The summed E-state index contributed by atoms with van der Waals surface area (Å²) in [7, 11) is 0. The van der Waals surface area contributed by atoms with Crippen molar-refractivity contribution in [1.29, 1.82) is 0 Å². The van der Waals surface area contributed by atoms with Crippen molar-refractivity contribution in [3.8, 4) is 0 Å². The first-order valence-electron chi connectivity index (χ1n) is 24.7. The van der Waals surface area contributed by atoms with Crippen LogP contribution in [0.25, 0.3) is 0 Å². The van der Waals surface area contributed by atoms with Crippen LogP contribution in [0.4, 0.5) is 0 Å². The van der Waals surface area contributed by atoms with Gasteiger partial charge in [-0.05, 0) is 51.4 Å². The summed E-state index contributed by atoms with van der Waals surface area (Å²) < 4.78 is 22.6. The quantitative estimate of drug-likeness (QED) is 0.0261. The molecule has 0 spiro atoms. The molecule has 1 amide bonds. The van der Waals surface area contributed by atoms with E-state index in [-0.39, 0.29) is 18.9 Å². The smallest absolute Gasteiger partial charge is 0.220 e. The van der Waals surface area contributed by atoms with Gasteiger partial charge in [0.2, 0.25) is 5.91 Å². The number of unbranched alkanes of at least 4 members (excludes halogenated alkanes) is 20. The molecule has 12 atom stereocenters. The third-order valence-corrected chi connectivity index (χ3v) is 12.1. The molecule has 0 saturated carbocycles. The van der Waals surface area contributed by atoms with Crippen LogP contribution in [0.15, 0.2) is 36.5 Å². The Morgan fingerprint density at radius 3 is 1.62 bits per heavy atom. The second-order valence-electron chi connectivity index (χ2n) is 17.6. The molecule has 2 fully saturated rings. The van der Waals surface area contributed by atoms with Gasteiger partial charge in [0.25, 0.3) is 0 Å². The van der Waals surface area contributed by atoms with Crippen LogP contribution in [-0.2, 0) is 23.7 Å². The average molecular weight is 900 g/mol. The number of ether oxygens (including phenoxy) is 4. The lowest BCUT2D eigenvalue weighted by molar-refractivity contribution is -0.359. The highest BCUT2D eigenvalue weighted by Crippen LogP contribution is 2.30. The number of rotatable bonds is 37. The number of aliphatic hydroxyl groups excluding tert-OH is 8. The van der Waals surface area contributed by atoms with Crippen LogP contribution in [0.2, 0.25) is 0 Å². The topological polar surface area (TPSA) is 228 Å². The molecule has 14 heteroatoms. The third kappa shape index (κ3) is 24.0. The van der Waals surface area contributed by atoms with Crippen LogP contribution < -0.4 is 5.32 Å². The minimum atomic E-state index is -1.79. The molecule has 2 aliphatic heterocycles. The highest BCUT2D eigenvalue weighted by atomic mass is 16.7. The highest BCUT2D eigenvalue weighted by molar-refractivity contribution is 5.76. The highest BCUT2D eigenvalue weighted by Gasteiger charge is 2.51. The van der Waals surface area contributed by atoms with Gasteiger partial charge in [0.15, 0.2) is 12.6 Å². The lowest BCUT2D eigenvalue weighted by Gasteiger charge is -2.46. The number of hydrogen-bond donors (Lipinski definition) is 9. The lowest BCUT2D eigenvalue weighted by atomic mass is 9.97. The van der Waals surface area contributed by atoms with Crippen LogP contribution in [0, 0.1) is 0 Å². The molecular weight excluding hydrogens is 811 g/mol. The maximum atomic E-state index is 13.1. The van der Waals surface area contributed by atoms with E-state index < -0.39 is 86.8 Å². The van der Waals surface area contributed by atoms with E-state index in [1.165, 1.54) is 96.3 Å². The van der Waals surface area contributed by atoms with Gasteiger partial charge >= 0.3 is 0 Å². The summed E-state index contributed by atoms with van der Waals surface area (Å²) in [5.41, 5.74) is 0. The maximum Gasteiger partial charge on any atom is 0.220 e. The predicted octanol–water partition coefficient (Wildman–Crippen LogP) is 5.93. The number of hydrogen-bond acceptors (Lipinski definition) is 13. The third-order valence-electron chi connectivity index (χ3n) is 12.1. The van der Waals surface area contributed by atoms with Crippen LogP contribution >= 0.6 is 0 Å². The summed E-state index contributed by atoms with van der Waals surface area (Å²) >= 11 is 0. The normalized spacial score (nSPS) is 27.8. The van der Waals surface area contributed by atoms with Gasteiger partial charge in [-0.25, -0.2) is 0 Å². The van der Waals surface area contributed by atoms with E-state index in [9.17, 15) is 45.6 Å². The van der Waals surface area contributed by atoms with Crippen molar-refractivity contribution < 1.29 is 64.6 Å². The fraction of sp³-hybridized carbons (Fsp3) is 0.857. The van der Waals surface area contributed by atoms with Gasteiger partial charge in [0.05, 0.1) is 32.0 Å². The van der Waals surface area contributed by atoms with Crippen LogP contribution in [0.3, 0.4) is 0 Å². The Hall–Kier alpha value is -1.79. The minimum absolute atomic E-state index is 0.248. The lowest BCUT2D eigenvalue weighted by Crippen LogP contribution is -2.65. The van der Waals surface area contributed by atoms with Crippen LogP contribution in [0.5, 0.6) is 0 Å². The summed E-state index contributed by atoms with van der Waals surface area (Å²) in [6.45, 7) is 2.72. The SMILES string of the molecule is CCCCC/C=C\C/C=C\CCCCCCCCCCCC(=O)NC(COC1OC(CO)C(OC2OC(CO)C(O)C(O)C2O)C(O)C1O)C(O)/C=C/CCCCCCCCCC. The van der Waals surface area contributed by atoms with Crippen molar-refractivity contribution in [2.24, 2.45) is 0 Å². The summed E-state index contributed by atoms with van der Waals surface area (Å²) in [5.74, 6) is -0.248. The first kappa shape index (κ1) is 57.3. The first-order valence-corrected chi connectivity index (χ1v) is 24.7. The Kier molecular flexibility index (Phi) is 33.1. The van der Waals surface area contributed by atoms with Crippen molar-refractivity contribution in [3.63, 3.8) is 0 Å². The molecule has 14 nitrogen and oxygen atoms in total. The van der Waals surface area contributed by atoms with Crippen molar-refractivity contribution in [1.82, 2.24) is 5.32 Å². The molecule has 2 heterocycles. The standard InChI is InChI=1S/C49H89NO13/c1-3-5-7-9-11-13-15-16-17-18-19-20-21-22-23-25-27-29-31-33-41(54)50-37(38(53)32-30-28-26-24-14-12-10-8-6-4-2)36-60-48-46(59)44(57)47(40(35-52)62-48)63-49-45(58)43(56)42(55)39(34-51)61-49/h11,13,16-17,30,32,37-40,42-49,51-53,55-59H,3-10,12,14-15,18-29,31,33-36H2,1-2H3,(H,50,54)/b13-11-,17-16-,32-30+. The van der Waals surface area contributed by atoms with Gasteiger partial charge in [0, 0.05) is 6.42 Å². The molecule has 2 saturated heterocycles. The Labute approximate surface area is 379 Å². The molecule has 0 bridgehead atoms. The zero-order valence-corrected chi connectivity index (χ0v) is 38.8. The molecule has 0 aromatic heterocycles. The summed E-state index contributed by atoms with van der Waals surface area (Å²) in [6, 6.07) is -0.913. The van der Waals surface area contributed by atoms with E-state index in [2.05, 4.69) is 43.5 Å². The summed E-state index contributed by atoms with van der Waals surface area (Å²) in [6.07, 6.45) is 23.3. The maximum absolute atomic E-state index is 13.1. The van der Waals surface area contributed by atoms with E-state index in [0.717, 1.165) is 51.4 Å². The summed E-state index contributed by atoms with van der Waals surface area (Å²) in [5, 5.41) is 86.5. The van der Waals surface area contributed by atoms with Gasteiger partial charge < -0.3 is 65.1 Å². The van der Waals surface area contributed by atoms with E-state index in [1.807, 2.05) is 6.08 Å².